The van der Waals surface area contributed by atoms with Gasteiger partial charge in [0.05, 0.1) is 18.6 Å². The van der Waals surface area contributed by atoms with Crippen molar-refractivity contribution in [2.24, 2.45) is 5.41 Å². The van der Waals surface area contributed by atoms with Gasteiger partial charge in [0.2, 0.25) is 5.91 Å². The van der Waals surface area contributed by atoms with Gasteiger partial charge in [0, 0.05) is 44.4 Å². The van der Waals surface area contributed by atoms with E-state index in [1.165, 1.54) is 0 Å². The molecule has 4 rings (SSSR count). The first kappa shape index (κ1) is 19.7. The summed E-state index contributed by atoms with van der Waals surface area (Å²) < 4.78 is 35.7. The number of alkyl halides is 2. The Morgan fingerprint density at radius 3 is 2.89 bits per heavy atom. The SMILES string of the molecule is COCCN1CCCC2(CN(Cc3csc4ccccc34)CC(F)(F)C2)C1=O. The molecule has 1 aromatic heterocycles. The van der Waals surface area contributed by atoms with Crippen LogP contribution in [0.2, 0.25) is 0 Å². The second kappa shape index (κ2) is 7.69. The van der Waals surface area contributed by atoms with Gasteiger partial charge in [-0.05, 0) is 35.2 Å². The molecule has 1 spiro atoms. The van der Waals surface area contributed by atoms with Crippen LogP contribution in [0.1, 0.15) is 24.8 Å². The summed E-state index contributed by atoms with van der Waals surface area (Å²) in [5.74, 6) is -2.99. The fourth-order valence-corrected chi connectivity index (χ4v) is 5.76. The van der Waals surface area contributed by atoms with E-state index in [2.05, 4.69) is 5.38 Å². The smallest absolute Gasteiger partial charge is 0.261 e. The molecule has 0 radical (unpaired) electrons. The third-order valence-corrected chi connectivity index (χ3v) is 6.94. The fraction of sp³-hybridized carbons (Fsp3) is 0.571. The maximum Gasteiger partial charge on any atom is 0.261 e. The van der Waals surface area contributed by atoms with Crippen LogP contribution in [-0.4, -0.2) is 61.5 Å². The van der Waals surface area contributed by atoms with E-state index in [9.17, 15) is 13.6 Å². The zero-order chi connectivity index (χ0) is 19.8. The highest BCUT2D eigenvalue weighted by atomic mass is 32.1. The Morgan fingerprint density at radius 2 is 2.07 bits per heavy atom. The molecule has 2 fully saturated rings. The van der Waals surface area contributed by atoms with Crippen molar-refractivity contribution in [3.63, 3.8) is 0 Å². The van der Waals surface area contributed by atoms with E-state index in [1.54, 1.807) is 28.2 Å². The summed E-state index contributed by atoms with van der Waals surface area (Å²) in [4.78, 5) is 16.7. The molecule has 152 valence electrons. The molecular formula is C21H26F2N2O2S. The molecule has 1 aromatic carbocycles. The molecule has 4 nitrogen and oxygen atoms in total. The Hall–Kier alpha value is -1.57. The number of rotatable bonds is 5. The number of thiophene rings is 1. The van der Waals surface area contributed by atoms with Gasteiger partial charge in [-0.15, -0.1) is 11.3 Å². The van der Waals surface area contributed by atoms with Gasteiger partial charge < -0.3 is 9.64 Å². The minimum atomic E-state index is -2.86. The molecule has 7 heteroatoms. The first-order valence-electron chi connectivity index (χ1n) is 9.76. The summed E-state index contributed by atoms with van der Waals surface area (Å²) >= 11 is 1.64. The monoisotopic (exact) mass is 408 g/mol. The predicted molar refractivity (Wildman–Crippen MR) is 107 cm³/mol. The number of carbonyl (C=O) groups is 1. The molecule has 3 heterocycles. The van der Waals surface area contributed by atoms with Gasteiger partial charge in [0.15, 0.2) is 0 Å². The molecule has 2 aliphatic rings. The summed E-state index contributed by atoms with van der Waals surface area (Å²) in [6, 6.07) is 8.05. The molecule has 1 unspecified atom stereocenters. The van der Waals surface area contributed by atoms with Crippen molar-refractivity contribution in [1.29, 1.82) is 0 Å². The highest BCUT2D eigenvalue weighted by Gasteiger charge is 2.55. The number of hydrogen-bond donors (Lipinski definition) is 0. The number of methoxy groups -OCH3 is 1. The van der Waals surface area contributed by atoms with Crippen molar-refractivity contribution in [1.82, 2.24) is 9.80 Å². The number of piperidine rings is 2. The van der Waals surface area contributed by atoms with Crippen LogP contribution < -0.4 is 0 Å². The van der Waals surface area contributed by atoms with Crippen molar-refractivity contribution in [3.8, 4) is 0 Å². The van der Waals surface area contributed by atoms with Crippen LogP contribution in [0.4, 0.5) is 8.78 Å². The first-order chi connectivity index (χ1) is 13.4. The number of nitrogens with zero attached hydrogens (tertiary/aromatic N) is 2. The second-order valence-electron chi connectivity index (χ2n) is 8.10. The van der Waals surface area contributed by atoms with Crippen molar-refractivity contribution < 1.29 is 18.3 Å². The number of carbonyl (C=O) groups excluding carboxylic acids is 1. The molecule has 0 N–H and O–H groups in total. The highest BCUT2D eigenvalue weighted by molar-refractivity contribution is 7.17. The molecule has 28 heavy (non-hydrogen) atoms. The number of halogens is 2. The Kier molecular flexibility index (Phi) is 5.42. The average Bonchev–Trinajstić information content (AvgIpc) is 3.05. The molecule has 0 saturated carbocycles. The van der Waals surface area contributed by atoms with E-state index in [1.807, 2.05) is 24.3 Å². The number of fused-ring (bicyclic) bond motifs is 1. The summed E-state index contributed by atoms with van der Waals surface area (Å²) in [7, 11) is 1.59. The third-order valence-electron chi connectivity index (χ3n) is 5.92. The first-order valence-corrected chi connectivity index (χ1v) is 10.6. The largest absolute Gasteiger partial charge is 0.383 e. The molecule has 2 saturated heterocycles. The van der Waals surface area contributed by atoms with Crippen LogP contribution in [0.5, 0.6) is 0 Å². The zero-order valence-electron chi connectivity index (χ0n) is 16.1. The van der Waals surface area contributed by atoms with Crippen molar-refractivity contribution >= 4 is 27.3 Å². The Balaban J connectivity index is 1.57. The molecule has 2 aromatic rings. The highest BCUT2D eigenvalue weighted by Crippen LogP contribution is 2.45. The Morgan fingerprint density at radius 1 is 1.25 bits per heavy atom. The minimum absolute atomic E-state index is 0.129. The number of likely N-dealkylation sites (tertiary alicyclic amines) is 2. The van der Waals surface area contributed by atoms with Gasteiger partial charge in [-0.1, -0.05) is 18.2 Å². The standard InChI is InChI=1S/C21H26F2N2O2S/c1-27-10-9-25-8-4-7-20(19(25)26)13-21(22,23)15-24(14-20)11-16-12-28-18-6-3-2-5-17(16)18/h2-3,5-6,12H,4,7-11,13-15H2,1H3. The molecular weight excluding hydrogens is 382 g/mol. The van der Waals surface area contributed by atoms with E-state index in [0.29, 0.717) is 39.2 Å². The van der Waals surface area contributed by atoms with Crippen LogP contribution in [0, 0.1) is 5.41 Å². The van der Waals surface area contributed by atoms with Crippen LogP contribution in [0.3, 0.4) is 0 Å². The number of amides is 1. The topological polar surface area (TPSA) is 32.8 Å². The molecule has 0 bridgehead atoms. The lowest BCUT2D eigenvalue weighted by Gasteiger charge is -2.49. The second-order valence-corrected chi connectivity index (χ2v) is 9.02. The summed E-state index contributed by atoms with van der Waals surface area (Å²) in [6.07, 6.45) is 0.954. The number of benzene rings is 1. The minimum Gasteiger partial charge on any atom is -0.383 e. The lowest BCUT2D eigenvalue weighted by Crippen LogP contribution is -2.61. The van der Waals surface area contributed by atoms with Gasteiger partial charge >= 0.3 is 0 Å². The normalized spacial score (nSPS) is 25.7. The van der Waals surface area contributed by atoms with E-state index in [0.717, 1.165) is 22.1 Å². The molecule has 0 aliphatic carbocycles. The van der Waals surface area contributed by atoms with Gasteiger partial charge in [-0.25, -0.2) is 8.78 Å². The maximum atomic E-state index is 14.7. The van der Waals surface area contributed by atoms with E-state index in [-0.39, 0.29) is 18.9 Å². The number of hydrogen-bond acceptors (Lipinski definition) is 4. The van der Waals surface area contributed by atoms with Crippen molar-refractivity contribution in [2.75, 3.05) is 39.9 Å². The van der Waals surface area contributed by atoms with Crippen molar-refractivity contribution in [3.05, 3.63) is 35.2 Å². The van der Waals surface area contributed by atoms with E-state index >= 15 is 0 Å². The maximum absolute atomic E-state index is 14.7. The van der Waals surface area contributed by atoms with Gasteiger partial charge in [0.1, 0.15) is 0 Å². The summed E-state index contributed by atoms with van der Waals surface area (Å²) in [6.45, 7) is 2.09. The lowest BCUT2D eigenvalue weighted by molar-refractivity contribution is -0.170. The van der Waals surface area contributed by atoms with Crippen LogP contribution in [0.25, 0.3) is 10.1 Å². The van der Waals surface area contributed by atoms with E-state index < -0.39 is 11.3 Å². The summed E-state index contributed by atoms with van der Waals surface area (Å²) in [5.41, 5.74) is 0.0764. The van der Waals surface area contributed by atoms with E-state index in [4.69, 9.17) is 4.74 Å². The van der Waals surface area contributed by atoms with Gasteiger partial charge in [-0.3, -0.25) is 9.69 Å². The third kappa shape index (κ3) is 3.80. The zero-order valence-corrected chi connectivity index (χ0v) is 16.9. The van der Waals surface area contributed by atoms with Crippen molar-refractivity contribution in [2.45, 2.75) is 31.7 Å². The van der Waals surface area contributed by atoms with Gasteiger partial charge in [0.25, 0.3) is 5.92 Å². The molecule has 1 atom stereocenters. The number of ether oxygens (including phenoxy) is 1. The van der Waals surface area contributed by atoms with Crippen LogP contribution in [-0.2, 0) is 16.1 Å². The molecule has 2 aliphatic heterocycles. The Bertz CT molecular complexity index is 856. The quantitative estimate of drug-likeness (QED) is 0.750. The average molecular weight is 409 g/mol. The fourth-order valence-electron chi connectivity index (χ4n) is 4.80. The van der Waals surface area contributed by atoms with Crippen LogP contribution >= 0.6 is 11.3 Å². The Labute approximate surface area is 168 Å². The van der Waals surface area contributed by atoms with Gasteiger partial charge in [-0.2, -0.15) is 0 Å². The van der Waals surface area contributed by atoms with Crippen LogP contribution in [0.15, 0.2) is 29.6 Å². The molecule has 1 amide bonds. The predicted octanol–water partition coefficient (Wildman–Crippen LogP) is 4.00. The summed E-state index contributed by atoms with van der Waals surface area (Å²) in [5, 5.41) is 3.17. The lowest BCUT2D eigenvalue weighted by atomic mass is 9.71.